The monoisotopic (exact) mass is 393 g/mol. The van der Waals surface area contributed by atoms with Gasteiger partial charge in [0.05, 0.1) is 32.5 Å². The highest BCUT2D eigenvalue weighted by molar-refractivity contribution is 6.24. The molecule has 1 amide bonds. The van der Waals surface area contributed by atoms with Gasteiger partial charge < -0.3 is 14.2 Å². The van der Waals surface area contributed by atoms with Crippen LogP contribution >= 0.6 is 0 Å². The van der Waals surface area contributed by atoms with E-state index in [1.165, 1.54) is 19.1 Å². The van der Waals surface area contributed by atoms with Crippen LogP contribution in [0.5, 0.6) is 11.5 Å². The summed E-state index contributed by atoms with van der Waals surface area (Å²) in [5.41, 5.74) is 3.30. The topological polar surface area (TPSA) is 65.1 Å². The molecule has 0 saturated heterocycles. The van der Waals surface area contributed by atoms with E-state index in [9.17, 15) is 9.59 Å². The first-order chi connectivity index (χ1) is 13.9. The number of methoxy groups -OCH3 is 3. The van der Waals surface area contributed by atoms with Crippen molar-refractivity contribution in [2.24, 2.45) is 0 Å². The fraction of sp³-hybridized carbons (Fsp3) is 0.217. The largest absolute Gasteiger partial charge is 0.493 e. The van der Waals surface area contributed by atoms with E-state index in [1.54, 1.807) is 38.3 Å². The molecule has 0 spiro atoms. The standard InChI is InChI=1S/C23H23NO5/c1-14-8-6-10-17(12-14)24-15(2)20(23(26)29-5)18(22(24)25)13-16-9-7-11-19(27-3)21(16)28-4/h6-13H,1-5H3/b18-13-. The number of ether oxygens (including phenoxy) is 3. The van der Waals surface area contributed by atoms with Gasteiger partial charge in [0.15, 0.2) is 11.5 Å². The number of hydrogen-bond acceptors (Lipinski definition) is 5. The highest BCUT2D eigenvalue weighted by Gasteiger charge is 2.38. The highest BCUT2D eigenvalue weighted by atomic mass is 16.5. The van der Waals surface area contributed by atoms with E-state index in [2.05, 4.69) is 0 Å². The number of para-hydroxylation sites is 1. The van der Waals surface area contributed by atoms with Crippen molar-refractivity contribution in [3.8, 4) is 11.5 Å². The number of aryl methyl sites for hydroxylation is 1. The minimum absolute atomic E-state index is 0.226. The molecular formula is C23H23NO5. The molecule has 0 fully saturated rings. The van der Waals surface area contributed by atoms with E-state index in [4.69, 9.17) is 14.2 Å². The zero-order valence-corrected chi connectivity index (χ0v) is 17.1. The molecule has 29 heavy (non-hydrogen) atoms. The van der Waals surface area contributed by atoms with E-state index in [-0.39, 0.29) is 17.1 Å². The molecule has 0 N–H and O–H groups in total. The van der Waals surface area contributed by atoms with E-state index in [0.29, 0.717) is 28.4 Å². The van der Waals surface area contributed by atoms with Gasteiger partial charge >= 0.3 is 5.97 Å². The van der Waals surface area contributed by atoms with Crippen LogP contribution in [0.15, 0.2) is 59.3 Å². The molecule has 6 heteroatoms. The summed E-state index contributed by atoms with van der Waals surface area (Å²) in [6, 6.07) is 12.9. The molecule has 0 aromatic heterocycles. The van der Waals surface area contributed by atoms with Gasteiger partial charge in [-0.3, -0.25) is 9.69 Å². The first-order valence-corrected chi connectivity index (χ1v) is 9.06. The van der Waals surface area contributed by atoms with Crippen molar-refractivity contribution in [2.75, 3.05) is 26.2 Å². The highest BCUT2D eigenvalue weighted by Crippen LogP contribution is 2.38. The third kappa shape index (κ3) is 3.61. The van der Waals surface area contributed by atoms with Gasteiger partial charge in [0, 0.05) is 16.9 Å². The number of hydrogen-bond donors (Lipinski definition) is 0. The van der Waals surface area contributed by atoms with Crippen LogP contribution in [0.25, 0.3) is 6.08 Å². The predicted octanol–water partition coefficient (Wildman–Crippen LogP) is 3.89. The normalized spacial score (nSPS) is 15.1. The van der Waals surface area contributed by atoms with Crippen LogP contribution in [-0.2, 0) is 14.3 Å². The molecule has 2 aromatic carbocycles. The zero-order chi connectivity index (χ0) is 21.1. The molecule has 0 saturated carbocycles. The summed E-state index contributed by atoms with van der Waals surface area (Å²) < 4.78 is 15.8. The molecule has 1 aliphatic rings. The Hall–Kier alpha value is -3.54. The summed E-state index contributed by atoms with van der Waals surface area (Å²) in [5.74, 6) is 0.131. The SMILES string of the molecule is COC(=O)C1=C(C)N(c2cccc(C)c2)C(=O)/C1=C\c1cccc(OC)c1OC. The molecule has 0 aliphatic carbocycles. The Balaban J connectivity index is 2.20. The Bertz CT molecular complexity index is 1040. The van der Waals surface area contributed by atoms with Gasteiger partial charge in [-0.25, -0.2) is 4.79 Å². The second kappa shape index (κ2) is 8.22. The number of benzene rings is 2. The fourth-order valence-electron chi connectivity index (χ4n) is 3.44. The Kier molecular flexibility index (Phi) is 5.73. The number of amides is 1. The Morgan fingerprint density at radius 2 is 1.72 bits per heavy atom. The molecule has 1 heterocycles. The molecule has 1 aliphatic heterocycles. The number of allylic oxidation sites excluding steroid dienone is 1. The Morgan fingerprint density at radius 1 is 1.00 bits per heavy atom. The lowest BCUT2D eigenvalue weighted by molar-refractivity contribution is -0.136. The fourth-order valence-corrected chi connectivity index (χ4v) is 3.44. The third-order valence-corrected chi connectivity index (χ3v) is 4.78. The van der Waals surface area contributed by atoms with Gasteiger partial charge in [-0.2, -0.15) is 0 Å². The van der Waals surface area contributed by atoms with Gasteiger partial charge in [-0.05, 0) is 43.7 Å². The molecule has 6 nitrogen and oxygen atoms in total. The first kappa shape index (κ1) is 20.2. The summed E-state index contributed by atoms with van der Waals surface area (Å²) in [7, 11) is 4.36. The third-order valence-electron chi connectivity index (χ3n) is 4.78. The van der Waals surface area contributed by atoms with Crippen LogP contribution < -0.4 is 14.4 Å². The Labute approximate surface area is 170 Å². The molecule has 150 valence electrons. The van der Waals surface area contributed by atoms with Gasteiger partial charge in [-0.1, -0.05) is 24.3 Å². The smallest absolute Gasteiger partial charge is 0.340 e. The number of rotatable bonds is 5. The summed E-state index contributed by atoms with van der Waals surface area (Å²) in [5, 5.41) is 0. The lowest BCUT2D eigenvalue weighted by atomic mass is 10.0. The molecule has 2 aromatic rings. The van der Waals surface area contributed by atoms with Crippen molar-refractivity contribution in [3.63, 3.8) is 0 Å². The first-order valence-electron chi connectivity index (χ1n) is 9.06. The minimum Gasteiger partial charge on any atom is -0.493 e. The molecule has 3 rings (SSSR count). The van der Waals surface area contributed by atoms with Crippen molar-refractivity contribution >= 4 is 23.6 Å². The van der Waals surface area contributed by atoms with Crippen molar-refractivity contribution < 1.29 is 23.8 Å². The number of carbonyl (C=O) groups excluding carboxylic acids is 2. The van der Waals surface area contributed by atoms with Gasteiger partial charge in [-0.15, -0.1) is 0 Å². The summed E-state index contributed by atoms with van der Waals surface area (Å²) in [6.45, 7) is 3.68. The lowest BCUT2D eigenvalue weighted by Crippen LogP contribution is -2.24. The molecule has 0 unspecified atom stereocenters. The van der Waals surface area contributed by atoms with Gasteiger partial charge in [0.2, 0.25) is 0 Å². The second-order valence-corrected chi connectivity index (χ2v) is 6.57. The quantitative estimate of drug-likeness (QED) is 0.570. The minimum atomic E-state index is -0.570. The molecule has 0 atom stereocenters. The second-order valence-electron chi connectivity index (χ2n) is 6.57. The van der Waals surface area contributed by atoms with Gasteiger partial charge in [0.25, 0.3) is 5.91 Å². The maximum absolute atomic E-state index is 13.4. The average Bonchev–Trinajstić information content (AvgIpc) is 2.96. The van der Waals surface area contributed by atoms with Crippen LogP contribution in [0.3, 0.4) is 0 Å². The number of anilines is 1. The van der Waals surface area contributed by atoms with Crippen LogP contribution in [0.4, 0.5) is 5.69 Å². The van der Waals surface area contributed by atoms with E-state index < -0.39 is 5.97 Å². The maximum Gasteiger partial charge on any atom is 0.340 e. The van der Waals surface area contributed by atoms with Crippen LogP contribution in [0.1, 0.15) is 18.1 Å². The van der Waals surface area contributed by atoms with E-state index in [1.807, 2.05) is 31.2 Å². The van der Waals surface area contributed by atoms with Crippen molar-refractivity contribution in [3.05, 3.63) is 70.4 Å². The predicted molar refractivity (Wildman–Crippen MR) is 111 cm³/mol. The van der Waals surface area contributed by atoms with E-state index in [0.717, 1.165) is 5.56 Å². The van der Waals surface area contributed by atoms with E-state index >= 15 is 0 Å². The number of nitrogens with zero attached hydrogens (tertiary/aromatic N) is 1. The van der Waals surface area contributed by atoms with Crippen molar-refractivity contribution in [1.82, 2.24) is 0 Å². The average molecular weight is 393 g/mol. The zero-order valence-electron chi connectivity index (χ0n) is 17.1. The van der Waals surface area contributed by atoms with Crippen molar-refractivity contribution in [1.29, 1.82) is 0 Å². The van der Waals surface area contributed by atoms with Gasteiger partial charge in [0.1, 0.15) is 0 Å². The Morgan fingerprint density at radius 3 is 2.34 bits per heavy atom. The van der Waals surface area contributed by atoms with Crippen LogP contribution in [-0.4, -0.2) is 33.2 Å². The number of esters is 1. The molecule has 0 bridgehead atoms. The summed E-state index contributed by atoms with van der Waals surface area (Å²) in [6.07, 6.45) is 1.63. The maximum atomic E-state index is 13.4. The van der Waals surface area contributed by atoms with Crippen LogP contribution in [0, 0.1) is 6.92 Å². The lowest BCUT2D eigenvalue weighted by Gasteiger charge is -2.18. The van der Waals surface area contributed by atoms with Crippen molar-refractivity contribution in [2.45, 2.75) is 13.8 Å². The molecular weight excluding hydrogens is 370 g/mol. The summed E-state index contributed by atoms with van der Waals surface area (Å²) in [4.78, 5) is 27.4. The molecule has 0 radical (unpaired) electrons. The van der Waals surface area contributed by atoms with Crippen LogP contribution in [0.2, 0.25) is 0 Å². The summed E-state index contributed by atoms with van der Waals surface area (Å²) >= 11 is 0. The number of carbonyl (C=O) groups is 2.